The van der Waals surface area contributed by atoms with Gasteiger partial charge in [0.2, 0.25) is 5.91 Å². The minimum absolute atomic E-state index is 0.100. The van der Waals surface area contributed by atoms with Crippen LogP contribution in [-0.2, 0) is 11.3 Å². The summed E-state index contributed by atoms with van der Waals surface area (Å²) in [6.07, 6.45) is 0. The zero-order chi connectivity index (χ0) is 10.4. The highest BCUT2D eigenvalue weighted by molar-refractivity contribution is 5.77. The van der Waals surface area contributed by atoms with Crippen LogP contribution >= 0.6 is 0 Å². The fraction of sp³-hybridized carbons (Fsp3) is 0.300. The molecular weight excluding hydrogens is 183 g/mol. The Morgan fingerprint density at radius 1 is 1.50 bits per heavy atom. The molecule has 0 heterocycles. The number of nitrogens with one attached hydrogen (secondary N) is 2. The Bertz CT molecular complexity index is 315. The van der Waals surface area contributed by atoms with E-state index in [0.717, 1.165) is 5.56 Å². The molecule has 0 fully saturated rings. The van der Waals surface area contributed by atoms with Crippen LogP contribution in [0, 0.1) is 5.82 Å². The van der Waals surface area contributed by atoms with Gasteiger partial charge in [0.15, 0.2) is 0 Å². The summed E-state index contributed by atoms with van der Waals surface area (Å²) in [4.78, 5) is 11.0. The summed E-state index contributed by atoms with van der Waals surface area (Å²) in [5.41, 5.74) is 0.759. The molecule has 4 heteroatoms. The molecule has 1 aromatic rings. The number of rotatable bonds is 4. The number of halogens is 1. The fourth-order valence-electron chi connectivity index (χ4n) is 1.07. The van der Waals surface area contributed by atoms with Crippen molar-refractivity contribution in [2.24, 2.45) is 0 Å². The normalized spacial score (nSPS) is 9.86. The molecular formula is C10H13FN2O. The topological polar surface area (TPSA) is 41.1 Å². The van der Waals surface area contributed by atoms with E-state index in [1.807, 2.05) is 0 Å². The number of likely N-dealkylation sites (N-methyl/N-ethyl adjacent to an activating group) is 1. The molecule has 0 aliphatic carbocycles. The molecule has 0 saturated heterocycles. The predicted octanol–water partition coefficient (Wildman–Crippen LogP) is 0.661. The average Bonchev–Trinajstić information content (AvgIpc) is 2.15. The van der Waals surface area contributed by atoms with Gasteiger partial charge >= 0.3 is 0 Å². The molecule has 2 N–H and O–H groups in total. The van der Waals surface area contributed by atoms with E-state index in [2.05, 4.69) is 10.6 Å². The van der Waals surface area contributed by atoms with Crippen molar-refractivity contribution in [3.63, 3.8) is 0 Å². The van der Waals surface area contributed by atoms with Gasteiger partial charge in [-0.1, -0.05) is 12.1 Å². The Labute approximate surface area is 82.3 Å². The van der Waals surface area contributed by atoms with Gasteiger partial charge in [-0.2, -0.15) is 0 Å². The molecule has 0 saturated carbocycles. The highest BCUT2D eigenvalue weighted by Crippen LogP contribution is 2.02. The lowest BCUT2D eigenvalue weighted by molar-refractivity contribution is -0.120. The van der Waals surface area contributed by atoms with Gasteiger partial charge in [-0.05, 0) is 24.7 Å². The first-order valence-electron chi connectivity index (χ1n) is 4.38. The largest absolute Gasteiger partial charge is 0.351 e. The molecule has 0 aliphatic heterocycles. The van der Waals surface area contributed by atoms with Gasteiger partial charge in [0.25, 0.3) is 0 Å². The third kappa shape index (κ3) is 3.53. The Balaban J connectivity index is 2.41. The van der Waals surface area contributed by atoms with Gasteiger partial charge in [0.05, 0.1) is 6.54 Å². The minimum Gasteiger partial charge on any atom is -0.351 e. The summed E-state index contributed by atoms with van der Waals surface area (Å²) in [6.45, 7) is 0.633. The van der Waals surface area contributed by atoms with Crippen molar-refractivity contribution < 1.29 is 9.18 Å². The van der Waals surface area contributed by atoms with E-state index in [0.29, 0.717) is 6.54 Å². The van der Waals surface area contributed by atoms with Crippen LogP contribution < -0.4 is 10.6 Å². The predicted molar refractivity (Wildman–Crippen MR) is 52.2 cm³/mol. The zero-order valence-corrected chi connectivity index (χ0v) is 8.01. The van der Waals surface area contributed by atoms with Crippen LogP contribution in [0.3, 0.4) is 0 Å². The lowest BCUT2D eigenvalue weighted by Crippen LogP contribution is -2.31. The summed E-state index contributed by atoms with van der Waals surface area (Å²) < 4.78 is 12.7. The second-order valence-corrected chi connectivity index (χ2v) is 2.94. The Morgan fingerprint density at radius 2 is 2.29 bits per heavy atom. The molecule has 14 heavy (non-hydrogen) atoms. The number of amides is 1. The van der Waals surface area contributed by atoms with Gasteiger partial charge in [-0.3, -0.25) is 4.79 Å². The van der Waals surface area contributed by atoms with Crippen LogP contribution in [-0.4, -0.2) is 19.5 Å². The van der Waals surface area contributed by atoms with Crippen molar-refractivity contribution in [2.45, 2.75) is 6.54 Å². The van der Waals surface area contributed by atoms with Crippen molar-refractivity contribution in [1.82, 2.24) is 10.6 Å². The standard InChI is InChI=1S/C10H13FN2O/c1-12-7-10(14)13-6-8-3-2-4-9(11)5-8/h2-5,12H,6-7H2,1H3,(H,13,14). The molecule has 1 amide bonds. The maximum atomic E-state index is 12.7. The van der Waals surface area contributed by atoms with Crippen LogP contribution in [0.5, 0.6) is 0 Å². The van der Waals surface area contributed by atoms with Crippen LogP contribution in [0.4, 0.5) is 4.39 Å². The van der Waals surface area contributed by atoms with Crippen molar-refractivity contribution in [3.05, 3.63) is 35.6 Å². The maximum Gasteiger partial charge on any atom is 0.234 e. The number of hydrogen-bond donors (Lipinski definition) is 2. The molecule has 1 aromatic carbocycles. The molecule has 76 valence electrons. The summed E-state index contributed by atoms with van der Waals surface area (Å²) >= 11 is 0. The first kappa shape index (κ1) is 10.7. The Hall–Kier alpha value is -1.42. The van der Waals surface area contributed by atoms with Gasteiger partial charge in [-0.25, -0.2) is 4.39 Å². The summed E-state index contributed by atoms with van der Waals surface area (Å²) in [7, 11) is 1.70. The first-order chi connectivity index (χ1) is 6.72. The summed E-state index contributed by atoms with van der Waals surface area (Å²) in [5.74, 6) is -0.387. The molecule has 0 atom stereocenters. The third-order valence-electron chi connectivity index (χ3n) is 1.72. The average molecular weight is 196 g/mol. The molecule has 1 rings (SSSR count). The van der Waals surface area contributed by atoms with Crippen molar-refractivity contribution in [1.29, 1.82) is 0 Å². The smallest absolute Gasteiger partial charge is 0.234 e. The van der Waals surface area contributed by atoms with E-state index in [-0.39, 0.29) is 18.3 Å². The van der Waals surface area contributed by atoms with Crippen LogP contribution in [0.15, 0.2) is 24.3 Å². The Kier molecular flexibility index (Phi) is 4.07. The zero-order valence-electron chi connectivity index (χ0n) is 8.01. The van der Waals surface area contributed by atoms with E-state index in [9.17, 15) is 9.18 Å². The number of benzene rings is 1. The fourth-order valence-corrected chi connectivity index (χ4v) is 1.07. The van der Waals surface area contributed by atoms with Crippen molar-refractivity contribution in [2.75, 3.05) is 13.6 Å². The number of hydrogen-bond acceptors (Lipinski definition) is 2. The second kappa shape index (κ2) is 5.34. The SMILES string of the molecule is CNCC(=O)NCc1cccc(F)c1. The van der Waals surface area contributed by atoms with E-state index in [1.54, 1.807) is 19.2 Å². The number of carbonyl (C=O) groups excluding carboxylic acids is 1. The second-order valence-electron chi connectivity index (χ2n) is 2.94. The summed E-state index contributed by atoms with van der Waals surface area (Å²) in [6, 6.07) is 6.16. The molecule has 0 unspecified atom stereocenters. The molecule has 0 bridgehead atoms. The summed E-state index contributed by atoms with van der Waals surface area (Å²) in [5, 5.41) is 5.39. The van der Waals surface area contributed by atoms with E-state index < -0.39 is 0 Å². The highest BCUT2D eigenvalue weighted by atomic mass is 19.1. The molecule has 0 spiro atoms. The molecule has 0 aromatic heterocycles. The Morgan fingerprint density at radius 3 is 2.93 bits per heavy atom. The molecule has 0 radical (unpaired) electrons. The lowest BCUT2D eigenvalue weighted by Gasteiger charge is -2.04. The maximum absolute atomic E-state index is 12.7. The van der Waals surface area contributed by atoms with Crippen LogP contribution in [0.2, 0.25) is 0 Å². The lowest BCUT2D eigenvalue weighted by atomic mass is 10.2. The van der Waals surface area contributed by atoms with Gasteiger partial charge in [-0.15, -0.1) is 0 Å². The monoisotopic (exact) mass is 196 g/mol. The molecule has 3 nitrogen and oxygen atoms in total. The van der Waals surface area contributed by atoms with Crippen LogP contribution in [0.25, 0.3) is 0 Å². The van der Waals surface area contributed by atoms with Crippen molar-refractivity contribution in [3.8, 4) is 0 Å². The number of carbonyl (C=O) groups is 1. The quantitative estimate of drug-likeness (QED) is 0.742. The molecule has 0 aliphatic rings. The van der Waals surface area contributed by atoms with E-state index in [1.165, 1.54) is 12.1 Å². The van der Waals surface area contributed by atoms with Gasteiger partial charge < -0.3 is 10.6 Å². The van der Waals surface area contributed by atoms with Crippen molar-refractivity contribution >= 4 is 5.91 Å². The highest BCUT2D eigenvalue weighted by Gasteiger charge is 1.99. The van der Waals surface area contributed by atoms with Gasteiger partial charge in [0.1, 0.15) is 5.82 Å². The minimum atomic E-state index is -0.287. The van der Waals surface area contributed by atoms with Crippen LogP contribution in [0.1, 0.15) is 5.56 Å². The van der Waals surface area contributed by atoms with E-state index in [4.69, 9.17) is 0 Å². The first-order valence-corrected chi connectivity index (χ1v) is 4.38. The van der Waals surface area contributed by atoms with Gasteiger partial charge in [0, 0.05) is 6.54 Å². The van der Waals surface area contributed by atoms with E-state index >= 15 is 0 Å². The third-order valence-corrected chi connectivity index (χ3v) is 1.72.